The molecular formula is C12H17ClO3. The molecule has 16 heavy (non-hydrogen) atoms. The number of halogens is 1. The summed E-state index contributed by atoms with van der Waals surface area (Å²) in [6, 6.07) is 1.87. The highest BCUT2D eigenvalue weighted by Crippen LogP contribution is 2.39. The Hall–Kier alpha value is -0.930. The smallest absolute Gasteiger partial charge is 0.179 e. The molecule has 0 unspecified atom stereocenters. The molecule has 0 fully saturated rings. The number of hydrogen-bond acceptors (Lipinski definition) is 3. The van der Waals surface area contributed by atoms with Gasteiger partial charge >= 0.3 is 0 Å². The van der Waals surface area contributed by atoms with Gasteiger partial charge < -0.3 is 14.6 Å². The maximum atomic E-state index is 8.83. The van der Waals surface area contributed by atoms with E-state index in [4.69, 9.17) is 26.2 Å². The van der Waals surface area contributed by atoms with Gasteiger partial charge in [-0.05, 0) is 37.0 Å². The number of aliphatic hydroxyl groups is 1. The van der Waals surface area contributed by atoms with Gasteiger partial charge in [0.25, 0.3) is 0 Å². The Bertz CT molecular complexity index is 364. The van der Waals surface area contributed by atoms with E-state index in [0.717, 1.165) is 17.5 Å². The van der Waals surface area contributed by atoms with Gasteiger partial charge in [-0.1, -0.05) is 11.6 Å². The van der Waals surface area contributed by atoms with Crippen LogP contribution in [-0.4, -0.2) is 25.9 Å². The van der Waals surface area contributed by atoms with E-state index in [0.29, 0.717) is 22.9 Å². The van der Waals surface area contributed by atoms with E-state index in [-0.39, 0.29) is 6.61 Å². The lowest BCUT2D eigenvalue weighted by Crippen LogP contribution is -1.99. The van der Waals surface area contributed by atoms with Crippen molar-refractivity contribution in [2.24, 2.45) is 0 Å². The van der Waals surface area contributed by atoms with E-state index >= 15 is 0 Å². The Labute approximate surface area is 101 Å². The van der Waals surface area contributed by atoms with Crippen LogP contribution >= 0.6 is 11.6 Å². The molecular weight excluding hydrogens is 228 g/mol. The minimum Gasteiger partial charge on any atom is -0.493 e. The number of rotatable bonds is 5. The van der Waals surface area contributed by atoms with Crippen LogP contribution in [0.15, 0.2) is 6.07 Å². The van der Waals surface area contributed by atoms with Crippen LogP contribution in [0, 0.1) is 6.92 Å². The van der Waals surface area contributed by atoms with Crippen molar-refractivity contribution in [2.75, 3.05) is 20.8 Å². The second-order valence-electron chi connectivity index (χ2n) is 3.54. The molecule has 0 saturated carbocycles. The molecule has 0 radical (unpaired) electrons. The van der Waals surface area contributed by atoms with Gasteiger partial charge in [-0.2, -0.15) is 0 Å². The zero-order valence-electron chi connectivity index (χ0n) is 9.84. The fraction of sp³-hybridized carbons (Fsp3) is 0.500. The first kappa shape index (κ1) is 13.1. The molecule has 0 heterocycles. The molecule has 0 amide bonds. The molecule has 1 aromatic carbocycles. The highest BCUT2D eigenvalue weighted by atomic mass is 35.5. The minimum absolute atomic E-state index is 0.172. The molecule has 1 aromatic rings. The third kappa shape index (κ3) is 2.60. The predicted octanol–water partition coefficient (Wildman–Crippen LogP) is 2.59. The summed E-state index contributed by atoms with van der Waals surface area (Å²) < 4.78 is 10.5. The molecule has 0 aliphatic heterocycles. The number of benzene rings is 1. The van der Waals surface area contributed by atoms with Gasteiger partial charge in [-0.3, -0.25) is 0 Å². The molecule has 4 heteroatoms. The maximum Gasteiger partial charge on any atom is 0.179 e. The lowest BCUT2D eigenvalue weighted by atomic mass is 10.0. The zero-order chi connectivity index (χ0) is 12.1. The largest absolute Gasteiger partial charge is 0.493 e. The summed E-state index contributed by atoms with van der Waals surface area (Å²) in [5, 5.41) is 9.37. The first-order valence-corrected chi connectivity index (χ1v) is 5.54. The second-order valence-corrected chi connectivity index (χ2v) is 3.94. The van der Waals surface area contributed by atoms with Crippen LogP contribution in [0.3, 0.4) is 0 Å². The normalized spacial score (nSPS) is 10.3. The molecule has 1 N–H and O–H groups in total. The van der Waals surface area contributed by atoms with Crippen LogP contribution in [0.4, 0.5) is 0 Å². The quantitative estimate of drug-likeness (QED) is 0.865. The first-order chi connectivity index (χ1) is 7.65. The lowest BCUT2D eigenvalue weighted by Gasteiger charge is -2.15. The third-order valence-corrected chi connectivity index (χ3v) is 2.84. The minimum atomic E-state index is 0.172. The Balaban J connectivity index is 3.17. The van der Waals surface area contributed by atoms with Crippen molar-refractivity contribution in [3.8, 4) is 11.5 Å². The number of hydrogen-bond donors (Lipinski definition) is 1. The summed E-state index contributed by atoms with van der Waals surface area (Å²) >= 11 is 6.10. The monoisotopic (exact) mass is 244 g/mol. The van der Waals surface area contributed by atoms with E-state index in [9.17, 15) is 0 Å². The number of methoxy groups -OCH3 is 2. The van der Waals surface area contributed by atoms with Crippen molar-refractivity contribution in [1.29, 1.82) is 0 Å². The first-order valence-electron chi connectivity index (χ1n) is 5.16. The van der Waals surface area contributed by atoms with Crippen LogP contribution < -0.4 is 9.47 Å². The van der Waals surface area contributed by atoms with Crippen molar-refractivity contribution in [1.82, 2.24) is 0 Å². The molecule has 90 valence electrons. The topological polar surface area (TPSA) is 38.7 Å². The van der Waals surface area contributed by atoms with Crippen LogP contribution in [0.1, 0.15) is 17.5 Å². The maximum absolute atomic E-state index is 8.83. The van der Waals surface area contributed by atoms with Gasteiger partial charge in [0.1, 0.15) is 0 Å². The summed E-state index contributed by atoms with van der Waals surface area (Å²) in [6.07, 6.45) is 1.50. The van der Waals surface area contributed by atoms with Gasteiger partial charge in [-0.25, -0.2) is 0 Å². The molecule has 0 aliphatic carbocycles. The van der Waals surface area contributed by atoms with E-state index in [2.05, 4.69) is 0 Å². The molecule has 0 saturated heterocycles. The molecule has 1 rings (SSSR count). The number of ether oxygens (including phenoxy) is 2. The average molecular weight is 245 g/mol. The van der Waals surface area contributed by atoms with Crippen LogP contribution in [0.2, 0.25) is 5.02 Å². The summed E-state index contributed by atoms with van der Waals surface area (Å²) in [6.45, 7) is 2.13. The summed E-state index contributed by atoms with van der Waals surface area (Å²) in [4.78, 5) is 0. The van der Waals surface area contributed by atoms with Crippen molar-refractivity contribution in [3.63, 3.8) is 0 Å². The van der Waals surface area contributed by atoms with Gasteiger partial charge in [0.15, 0.2) is 11.5 Å². The molecule has 3 nitrogen and oxygen atoms in total. The second kappa shape index (κ2) is 5.97. The SMILES string of the molecule is COc1c(Cl)cc(CCCO)c(C)c1OC. The molecule has 0 aromatic heterocycles. The lowest BCUT2D eigenvalue weighted by molar-refractivity contribution is 0.288. The summed E-state index contributed by atoms with van der Waals surface area (Å²) in [5.41, 5.74) is 2.09. The van der Waals surface area contributed by atoms with Gasteiger partial charge in [0.05, 0.1) is 19.2 Å². The van der Waals surface area contributed by atoms with Crippen molar-refractivity contribution in [3.05, 3.63) is 22.2 Å². The summed E-state index contributed by atoms with van der Waals surface area (Å²) in [5.74, 6) is 1.23. The fourth-order valence-corrected chi connectivity index (χ4v) is 2.01. The number of aryl methyl sites for hydroxylation is 1. The van der Waals surface area contributed by atoms with Gasteiger partial charge in [0.2, 0.25) is 0 Å². The predicted molar refractivity (Wildman–Crippen MR) is 64.7 cm³/mol. The highest BCUT2D eigenvalue weighted by Gasteiger charge is 2.15. The van der Waals surface area contributed by atoms with Crippen molar-refractivity contribution < 1.29 is 14.6 Å². The molecule has 0 bridgehead atoms. The van der Waals surface area contributed by atoms with Crippen LogP contribution in [-0.2, 0) is 6.42 Å². The summed E-state index contributed by atoms with van der Waals surface area (Å²) in [7, 11) is 3.16. The zero-order valence-corrected chi connectivity index (χ0v) is 10.6. The Morgan fingerprint density at radius 3 is 2.38 bits per heavy atom. The van der Waals surface area contributed by atoms with E-state index in [1.165, 1.54) is 0 Å². The third-order valence-electron chi connectivity index (χ3n) is 2.56. The Morgan fingerprint density at radius 2 is 1.88 bits per heavy atom. The molecule has 0 spiro atoms. The Morgan fingerprint density at radius 1 is 1.25 bits per heavy atom. The molecule has 0 atom stereocenters. The fourth-order valence-electron chi connectivity index (χ4n) is 1.72. The Kier molecular flexibility index (Phi) is 4.90. The molecule has 0 aliphatic rings. The van der Waals surface area contributed by atoms with E-state index in [1.54, 1.807) is 14.2 Å². The standard InChI is InChI=1S/C12H17ClO3/c1-8-9(5-4-6-14)7-10(13)12(16-3)11(8)15-2/h7,14H,4-6H2,1-3H3. The average Bonchev–Trinajstić information content (AvgIpc) is 2.29. The van der Waals surface area contributed by atoms with Crippen LogP contribution in [0.25, 0.3) is 0 Å². The van der Waals surface area contributed by atoms with Gasteiger partial charge in [-0.15, -0.1) is 0 Å². The number of aliphatic hydroxyl groups excluding tert-OH is 1. The van der Waals surface area contributed by atoms with E-state index in [1.807, 2.05) is 13.0 Å². The van der Waals surface area contributed by atoms with E-state index < -0.39 is 0 Å². The highest BCUT2D eigenvalue weighted by molar-refractivity contribution is 6.32. The van der Waals surface area contributed by atoms with Crippen molar-refractivity contribution in [2.45, 2.75) is 19.8 Å². The van der Waals surface area contributed by atoms with Crippen LogP contribution in [0.5, 0.6) is 11.5 Å². The van der Waals surface area contributed by atoms with Crippen molar-refractivity contribution >= 4 is 11.6 Å². The van der Waals surface area contributed by atoms with Gasteiger partial charge in [0, 0.05) is 6.61 Å².